The zero-order valence-corrected chi connectivity index (χ0v) is 28.1. The first-order valence-electron chi connectivity index (χ1n) is 13.6. The number of amides is 1. The third-order valence-electron chi connectivity index (χ3n) is 7.46. The van der Waals surface area contributed by atoms with Crippen molar-refractivity contribution in [3.05, 3.63) is 23.5 Å². The van der Waals surface area contributed by atoms with Gasteiger partial charge in [-0.1, -0.05) is 60.9 Å². The van der Waals surface area contributed by atoms with Crippen LogP contribution in [0.15, 0.2) is 12.1 Å². The third kappa shape index (κ3) is 8.19. The van der Waals surface area contributed by atoms with Crippen LogP contribution in [0.5, 0.6) is 10.4 Å². The molecule has 41 heavy (non-hydrogen) atoms. The first kappa shape index (κ1) is 31.2. The molecule has 11 nitrogen and oxygen atoms in total. The van der Waals surface area contributed by atoms with E-state index in [1.165, 1.54) is 66.4 Å². The van der Waals surface area contributed by atoms with Crippen LogP contribution in [0.4, 0.5) is 0 Å². The smallest absolute Gasteiger partial charge is 0.352 e. The summed E-state index contributed by atoms with van der Waals surface area (Å²) in [6, 6.07) is 9.57. The van der Waals surface area contributed by atoms with Gasteiger partial charge in [-0.05, 0) is 37.1 Å². The zero-order chi connectivity index (χ0) is 29.9. The second-order valence-electron chi connectivity index (χ2n) is 12.2. The van der Waals surface area contributed by atoms with E-state index in [9.17, 15) is 9.59 Å². The summed E-state index contributed by atoms with van der Waals surface area (Å²) in [6.07, 6.45) is 2.41. The summed E-state index contributed by atoms with van der Waals surface area (Å²) in [5.74, 6) is -1.00. The number of aromatic carboxylic acids is 1. The van der Waals surface area contributed by atoms with Crippen LogP contribution < -0.4 is 20.5 Å². The van der Waals surface area contributed by atoms with Crippen molar-refractivity contribution in [3.63, 3.8) is 0 Å². The number of aromatic amines is 2. The Hall–Kier alpha value is -2.73. The van der Waals surface area contributed by atoms with E-state index >= 15 is 0 Å². The highest BCUT2D eigenvalue weighted by Crippen LogP contribution is 2.31. The summed E-state index contributed by atoms with van der Waals surface area (Å²) in [6.45, 7) is 9.64. The Bertz CT molecular complexity index is 1450. The van der Waals surface area contributed by atoms with Crippen LogP contribution in [0.25, 0.3) is 20.7 Å². The summed E-state index contributed by atoms with van der Waals surface area (Å²) >= 11 is 2.75. The van der Waals surface area contributed by atoms with Crippen LogP contribution in [0.3, 0.4) is 0 Å². The van der Waals surface area contributed by atoms with Crippen molar-refractivity contribution in [3.8, 4) is 10.4 Å². The molecule has 2 aliphatic rings. The standard InChI is InChI=1S/C13H19N3O2SSi.C7H6N2O3S.C6H15NSi/c1-18-13-16-11-10(19-13)6-9(15-11)12(17)14-8-4-5-20(2,3)7-8;1-12-7-9-5-4(13-7)2-3(8-5)6(10)11;1-8(2)4-3-6(7)5-8/h6,8,15H,4-5,7H2,1-3H3,(H,14,17);2,8H,1H3,(H,10,11);6H,3-5,7H2,1-2H3. The van der Waals surface area contributed by atoms with Crippen molar-refractivity contribution in [1.29, 1.82) is 0 Å². The molecule has 2 saturated heterocycles. The normalized spacial score (nSPS) is 20.7. The molecule has 1 amide bonds. The Morgan fingerprint density at radius 2 is 1.44 bits per heavy atom. The molecule has 6 heterocycles. The van der Waals surface area contributed by atoms with E-state index in [0.717, 1.165) is 21.5 Å². The Kier molecular flexibility index (Phi) is 9.63. The van der Waals surface area contributed by atoms with Crippen molar-refractivity contribution in [1.82, 2.24) is 25.3 Å². The maximum absolute atomic E-state index is 12.3. The maximum Gasteiger partial charge on any atom is 0.352 e. The molecule has 6 rings (SSSR count). The van der Waals surface area contributed by atoms with Crippen LogP contribution in [0.2, 0.25) is 50.4 Å². The molecular formula is C26H40N6O5S2Si2. The number of carboxylic acids is 1. The Balaban J connectivity index is 0.000000158. The van der Waals surface area contributed by atoms with Gasteiger partial charge in [-0.25, -0.2) is 4.79 Å². The fourth-order valence-electron chi connectivity index (χ4n) is 5.31. The molecule has 6 N–H and O–H groups in total. The topological polar surface area (TPSA) is 168 Å². The number of thiazole rings is 2. The molecule has 0 spiro atoms. The van der Waals surface area contributed by atoms with Gasteiger partial charge < -0.3 is 35.6 Å². The quantitative estimate of drug-likeness (QED) is 0.176. The van der Waals surface area contributed by atoms with Crippen molar-refractivity contribution < 1.29 is 24.2 Å². The summed E-state index contributed by atoms with van der Waals surface area (Å²) in [4.78, 5) is 36.8. The lowest BCUT2D eigenvalue weighted by Gasteiger charge is -2.15. The van der Waals surface area contributed by atoms with Gasteiger partial charge in [0.2, 0.25) is 0 Å². The number of hydrogen-bond donors (Lipinski definition) is 5. The first-order chi connectivity index (χ1) is 19.3. The SMILES string of the molecule is COc1nc2[nH]c(C(=O)NC3CC[Si](C)(C)C3)cc2s1.COc1nc2[nH]c(C(=O)O)cc2s1.C[Si]1(C)CCC(N)C1. The molecule has 0 radical (unpaired) electrons. The number of rotatable bonds is 5. The molecular weight excluding hydrogens is 597 g/mol. The largest absolute Gasteiger partial charge is 0.477 e. The number of nitrogens with one attached hydrogen (secondary N) is 3. The summed E-state index contributed by atoms with van der Waals surface area (Å²) in [7, 11) is 1.34. The zero-order valence-electron chi connectivity index (χ0n) is 24.4. The van der Waals surface area contributed by atoms with E-state index in [-0.39, 0.29) is 11.6 Å². The van der Waals surface area contributed by atoms with E-state index in [1.54, 1.807) is 7.11 Å². The number of carbonyl (C=O) groups excluding carboxylic acids is 1. The van der Waals surface area contributed by atoms with Crippen LogP contribution in [0.1, 0.15) is 33.8 Å². The van der Waals surface area contributed by atoms with E-state index < -0.39 is 22.1 Å². The van der Waals surface area contributed by atoms with Gasteiger partial charge in [0.15, 0.2) is 11.3 Å². The lowest BCUT2D eigenvalue weighted by Crippen LogP contribution is -2.34. The van der Waals surface area contributed by atoms with Crippen LogP contribution >= 0.6 is 22.7 Å². The van der Waals surface area contributed by atoms with Crippen molar-refractivity contribution >= 4 is 71.4 Å². The number of hydrogen-bond acceptors (Lipinski definition) is 9. The third-order valence-corrected chi connectivity index (χ3v) is 15.9. The second kappa shape index (κ2) is 12.6. The Labute approximate surface area is 249 Å². The minimum Gasteiger partial charge on any atom is -0.477 e. The molecule has 0 saturated carbocycles. The number of nitrogens with two attached hydrogens (primary N) is 1. The van der Waals surface area contributed by atoms with E-state index in [0.29, 0.717) is 33.8 Å². The number of fused-ring (bicyclic) bond motifs is 2. The number of methoxy groups -OCH3 is 2. The van der Waals surface area contributed by atoms with Crippen LogP contribution in [-0.4, -0.2) is 79.4 Å². The average molecular weight is 637 g/mol. The van der Waals surface area contributed by atoms with Gasteiger partial charge >= 0.3 is 5.97 Å². The highest BCUT2D eigenvalue weighted by atomic mass is 32.1. The summed E-state index contributed by atoms with van der Waals surface area (Å²) in [5, 5.41) is 12.9. The van der Waals surface area contributed by atoms with Gasteiger partial charge in [-0.3, -0.25) is 4.79 Å². The highest BCUT2D eigenvalue weighted by molar-refractivity contribution is 7.20. The van der Waals surface area contributed by atoms with E-state index in [2.05, 4.69) is 51.4 Å². The van der Waals surface area contributed by atoms with Gasteiger partial charge in [0.25, 0.3) is 16.3 Å². The van der Waals surface area contributed by atoms with Gasteiger partial charge in [0.05, 0.1) is 23.6 Å². The van der Waals surface area contributed by atoms with Crippen molar-refractivity contribution in [2.75, 3.05) is 14.2 Å². The first-order valence-corrected chi connectivity index (χ1v) is 22.1. The summed E-state index contributed by atoms with van der Waals surface area (Å²) in [5.41, 5.74) is 7.76. The fourth-order valence-corrected chi connectivity index (χ4v) is 12.8. The Morgan fingerprint density at radius 3 is 1.83 bits per heavy atom. The molecule has 0 aliphatic carbocycles. The van der Waals surface area contributed by atoms with Crippen LogP contribution in [-0.2, 0) is 0 Å². The van der Waals surface area contributed by atoms with Gasteiger partial charge in [0, 0.05) is 28.2 Å². The molecule has 4 aromatic heterocycles. The minimum absolute atomic E-state index is 0.0223. The molecule has 2 atom stereocenters. The van der Waals surface area contributed by atoms with Crippen molar-refractivity contribution in [2.45, 2.75) is 75.3 Å². The van der Waals surface area contributed by atoms with Gasteiger partial charge in [0.1, 0.15) is 11.4 Å². The molecule has 2 unspecified atom stereocenters. The fraction of sp³-hybridized carbons (Fsp3) is 0.538. The molecule has 15 heteroatoms. The van der Waals surface area contributed by atoms with E-state index in [4.69, 9.17) is 20.3 Å². The van der Waals surface area contributed by atoms with Gasteiger partial charge in [-0.2, -0.15) is 9.97 Å². The molecule has 0 bridgehead atoms. The number of ether oxygens (including phenoxy) is 2. The van der Waals surface area contributed by atoms with Crippen molar-refractivity contribution in [2.24, 2.45) is 5.73 Å². The second-order valence-corrected chi connectivity index (χ2v) is 24.7. The molecule has 224 valence electrons. The monoisotopic (exact) mass is 636 g/mol. The maximum atomic E-state index is 12.3. The number of H-pyrrole nitrogens is 2. The number of aromatic nitrogens is 4. The lowest BCUT2D eigenvalue weighted by atomic mass is 10.2. The van der Waals surface area contributed by atoms with Gasteiger partial charge in [-0.15, -0.1) is 0 Å². The number of carboxylic acid groups (broad SMARTS) is 1. The number of carbonyl (C=O) groups is 2. The predicted molar refractivity (Wildman–Crippen MR) is 171 cm³/mol. The highest BCUT2D eigenvalue weighted by Gasteiger charge is 2.33. The lowest BCUT2D eigenvalue weighted by molar-refractivity contribution is 0.0691. The summed E-state index contributed by atoms with van der Waals surface area (Å²) < 4.78 is 11.7. The van der Waals surface area contributed by atoms with E-state index in [1.807, 2.05) is 6.07 Å². The molecule has 0 aromatic carbocycles. The number of nitrogens with zero attached hydrogens (tertiary/aromatic N) is 2. The minimum atomic E-state index is -1.05. The van der Waals surface area contributed by atoms with Crippen LogP contribution in [0, 0.1) is 0 Å². The average Bonchev–Trinajstić information content (AvgIpc) is 3.70. The Morgan fingerprint density at radius 1 is 0.927 bits per heavy atom. The predicted octanol–water partition coefficient (Wildman–Crippen LogP) is 5.60. The molecule has 2 aliphatic heterocycles. The molecule has 4 aromatic rings. The molecule has 2 fully saturated rings.